The summed E-state index contributed by atoms with van der Waals surface area (Å²) in [5.74, 6) is 1.66. The number of esters is 1. The largest absolute Gasteiger partial charge is 0.469 e. The monoisotopic (exact) mass is 255 g/mol. The first-order valence-electron chi connectivity index (χ1n) is 5.41. The number of anilines is 1. The molecule has 1 aromatic rings. The Balaban J connectivity index is 2.69. The van der Waals surface area contributed by atoms with Crippen LogP contribution >= 0.6 is 11.8 Å². The molecule has 0 aliphatic carbocycles. The molecule has 0 saturated carbocycles. The van der Waals surface area contributed by atoms with Crippen LogP contribution in [0.5, 0.6) is 0 Å². The molecule has 6 heteroatoms. The first-order chi connectivity index (χ1) is 8.08. The molecular formula is C11H17N3O2S. The molecule has 1 heterocycles. The van der Waals surface area contributed by atoms with Crippen LogP contribution in [0.25, 0.3) is 0 Å². The summed E-state index contributed by atoms with van der Waals surface area (Å²) in [5.41, 5.74) is 6.67. The third kappa shape index (κ3) is 3.89. The number of thioether (sulfide) groups is 1. The fourth-order valence-electron chi connectivity index (χ4n) is 1.19. The zero-order valence-electron chi connectivity index (χ0n) is 10.3. The van der Waals surface area contributed by atoms with Gasteiger partial charge in [-0.2, -0.15) is 0 Å². The van der Waals surface area contributed by atoms with E-state index in [2.05, 4.69) is 14.7 Å². The molecule has 0 atom stereocenters. The molecule has 0 bridgehead atoms. The molecule has 1 rings (SSSR count). The second kappa shape index (κ2) is 6.44. The van der Waals surface area contributed by atoms with Gasteiger partial charge in [0.25, 0.3) is 0 Å². The number of rotatable bonds is 5. The maximum absolute atomic E-state index is 11.0. The lowest BCUT2D eigenvalue weighted by Gasteiger charge is -2.08. The first-order valence-corrected chi connectivity index (χ1v) is 6.39. The molecule has 2 N–H and O–H groups in total. The van der Waals surface area contributed by atoms with Crippen LogP contribution in [0.1, 0.15) is 24.7 Å². The number of nitrogen functional groups attached to an aromatic ring is 1. The minimum Gasteiger partial charge on any atom is -0.469 e. The lowest BCUT2D eigenvalue weighted by Crippen LogP contribution is -2.05. The summed E-state index contributed by atoms with van der Waals surface area (Å²) in [4.78, 5) is 19.6. The maximum atomic E-state index is 11.0. The Morgan fingerprint density at radius 1 is 1.47 bits per heavy atom. The van der Waals surface area contributed by atoms with Crippen molar-refractivity contribution in [3.63, 3.8) is 0 Å². The second-order valence-electron chi connectivity index (χ2n) is 3.48. The number of hydrogen-bond donors (Lipinski definition) is 1. The second-order valence-corrected chi connectivity index (χ2v) is 4.57. The highest BCUT2D eigenvalue weighted by atomic mass is 32.2. The fourth-order valence-corrected chi connectivity index (χ4v) is 2.14. The summed E-state index contributed by atoms with van der Waals surface area (Å²) in [7, 11) is 1.39. The van der Waals surface area contributed by atoms with Crippen LogP contribution in [-0.4, -0.2) is 28.8 Å². The summed E-state index contributed by atoms with van der Waals surface area (Å²) in [6, 6.07) is 0. The van der Waals surface area contributed by atoms with Crippen molar-refractivity contribution >= 4 is 23.5 Å². The van der Waals surface area contributed by atoms with Gasteiger partial charge in [0.05, 0.1) is 13.5 Å². The molecule has 0 aliphatic heterocycles. The van der Waals surface area contributed by atoms with Crippen LogP contribution < -0.4 is 5.73 Å². The Morgan fingerprint density at radius 2 is 2.18 bits per heavy atom. The fraction of sp³-hybridized carbons (Fsp3) is 0.545. The average molecular weight is 255 g/mol. The van der Waals surface area contributed by atoms with Crippen molar-refractivity contribution in [2.75, 3.05) is 18.6 Å². The van der Waals surface area contributed by atoms with Crippen LogP contribution in [0.2, 0.25) is 0 Å². The molecule has 0 amide bonds. The number of nitrogens with two attached hydrogens (primary N) is 1. The van der Waals surface area contributed by atoms with Crippen LogP contribution in [0.15, 0.2) is 5.03 Å². The molecule has 0 aromatic carbocycles. The summed E-state index contributed by atoms with van der Waals surface area (Å²) in [5, 5.41) is 0.846. The first kappa shape index (κ1) is 13.8. The van der Waals surface area contributed by atoms with E-state index < -0.39 is 0 Å². The summed E-state index contributed by atoms with van der Waals surface area (Å²) in [6.45, 7) is 3.86. The SMILES string of the molecule is CCc1nc(N)c(C)c(SCCC(=O)OC)n1. The molecular weight excluding hydrogens is 238 g/mol. The van der Waals surface area contributed by atoms with Gasteiger partial charge >= 0.3 is 5.97 Å². The summed E-state index contributed by atoms with van der Waals surface area (Å²) < 4.78 is 4.58. The minimum absolute atomic E-state index is 0.215. The standard InChI is InChI=1S/C11H17N3O2S/c1-4-8-13-10(12)7(2)11(14-8)17-6-5-9(15)16-3/h4-6H2,1-3H3,(H2,12,13,14). The van der Waals surface area contributed by atoms with Gasteiger partial charge in [0.1, 0.15) is 16.7 Å². The molecule has 0 saturated heterocycles. The number of ether oxygens (including phenoxy) is 1. The van der Waals surface area contributed by atoms with Crippen molar-refractivity contribution in [2.45, 2.75) is 31.7 Å². The molecule has 1 aromatic heterocycles. The molecule has 94 valence electrons. The van der Waals surface area contributed by atoms with Gasteiger partial charge in [0.2, 0.25) is 0 Å². The van der Waals surface area contributed by atoms with Crippen molar-refractivity contribution in [3.8, 4) is 0 Å². The topological polar surface area (TPSA) is 78.1 Å². The number of aromatic nitrogens is 2. The summed E-state index contributed by atoms with van der Waals surface area (Å²) in [6.07, 6.45) is 1.11. The van der Waals surface area contributed by atoms with Gasteiger partial charge < -0.3 is 10.5 Å². The van der Waals surface area contributed by atoms with E-state index in [4.69, 9.17) is 5.73 Å². The van der Waals surface area contributed by atoms with Crippen LogP contribution in [0.4, 0.5) is 5.82 Å². The van der Waals surface area contributed by atoms with Crippen molar-refractivity contribution in [1.29, 1.82) is 0 Å². The van der Waals surface area contributed by atoms with Gasteiger partial charge in [-0.15, -0.1) is 11.8 Å². The molecule has 0 unspecified atom stereocenters. The van der Waals surface area contributed by atoms with E-state index >= 15 is 0 Å². The van der Waals surface area contributed by atoms with Gasteiger partial charge in [0.15, 0.2) is 0 Å². The van der Waals surface area contributed by atoms with Crippen molar-refractivity contribution in [2.24, 2.45) is 0 Å². The minimum atomic E-state index is -0.215. The van der Waals surface area contributed by atoms with Gasteiger partial charge in [-0.25, -0.2) is 9.97 Å². The van der Waals surface area contributed by atoms with E-state index in [0.717, 1.165) is 22.8 Å². The Kier molecular flexibility index (Phi) is 5.21. The normalized spacial score (nSPS) is 10.3. The molecule has 5 nitrogen and oxygen atoms in total. The molecule has 17 heavy (non-hydrogen) atoms. The lowest BCUT2D eigenvalue weighted by molar-refractivity contribution is -0.140. The third-order valence-electron chi connectivity index (χ3n) is 2.27. The number of nitrogens with zero attached hydrogens (tertiary/aromatic N) is 2. The van der Waals surface area contributed by atoms with Crippen molar-refractivity contribution in [3.05, 3.63) is 11.4 Å². The molecule has 0 fully saturated rings. The van der Waals surface area contributed by atoms with E-state index in [-0.39, 0.29) is 5.97 Å². The lowest BCUT2D eigenvalue weighted by atomic mass is 10.3. The average Bonchev–Trinajstić information content (AvgIpc) is 2.33. The highest BCUT2D eigenvalue weighted by Crippen LogP contribution is 2.24. The number of carbonyl (C=O) groups excluding carboxylic acids is 1. The van der Waals surface area contributed by atoms with E-state index in [1.54, 1.807) is 0 Å². The van der Waals surface area contributed by atoms with Crippen molar-refractivity contribution < 1.29 is 9.53 Å². The van der Waals surface area contributed by atoms with Gasteiger partial charge in [0, 0.05) is 17.7 Å². The van der Waals surface area contributed by atoms with Crippen LogP contribution in [0.3, 0.4) is 0 Å². The predicted octanol–water partition coefficient (Wildman–Crippen LogP) is 1.58. The quantitative estimate of drug-likeness (QED) is 0.489. The van der Waals surface area contributed by atoms with E-state index in [9.17, 15) is 4.79 Å². The number of aryl methyl sites for hydroxylation is 1. The summed E-state index contributed by atoms with van der Waals surface area (Å²) >= 11 is 1.50. The Hall–Kier alpha value is -1.30. The number of hydrogen-bond acceptors (Lipinski definition) is 6. The number of carbonyl (C=O) groups is 1. The number of methoxy groups -OCH3 is 1. The zero-order valence-corrected chi connectivity index (χ0v) is 11.1. The smallest absolute Gasteiger partial charge is 0.306 e. The van der Waals surface area contributed by atoms with E-state index in [0.29, 0.717) is 18.0 Å². The van der Waals surface area contributed by atoms with Crippen LogP contribution in [-0.2, 0) is 16.0 Å². The highest BCUT2D eigenvalue weighted by Gasteiger charge is 2.09. The Bertz CT molecular complexity index is 410. The Labute approximate surface area is 105 Å². The third-order valence-corrected chi connectivity index (χ3v) is 3.35. The zero-order chi connectivity index (χ0) is 12.8. The van der Waals surface area contributed by atoms with E-state index in [1.807, 2.05) is 13.8 Å². The molecule has 0 spiro atoms. The van der Waals surface area contributed by atoms with Crippen LogP contribution in [0, 0.1) is 6.92 Å². The van der Waals surface area contributed by atoms with Gasteiger partial charge in [-0.1, -0.05) is 6.92 Å². The van der Waals surface area contributed by atoms with Gasteiger partial charge in [-0.05, 0) is 6.92 Å². The molecule has 0 radical (unpaired) electrons. The maximum Gasteiger partial charge on any atom is 0.306 e. The van der Waals surface area contributed by atoms with E-state index in [1.165, 1.54) is 18.9 Å². The van der Waals surface area contributed by atoms with Crippen molar-refractivity contribution in [1.82, 2.24) is 9.97 Å². The van der Waals surface area contributed by atoms with Gasteiger partial charge in [-0.3, -0.25) is 4.79 Å². The predicted molar refractivity (Wildman–Crippen MR) is 67.9 cm³/mol. The molecule has 0 aliphatic rings. The highest BCUT2D eigenvalue weighted by molar-refractivity contribution is 7.99. The Morgan fingerprint density at radius 3 is 2.76 bits per heavy atom.